The van der Waals surface area contributed by atoms with Gasteiger partial charge in [0, 0.05) is 6.42 Å². The van der Waals surface area contributed by atoms with Crippen LogP contribution in [0.15, 0.2) is 24.3 Å². The highest BCUT2D eigenvalue weighted by molar-refractivity contribution is 5.85. The Morgan fingerprint density at radius 3 is 2.11 bits per heavy atom. The molecule has 100 valence electrons. The molecule has 0 radical (unpaired) electrons. The Morgan fingerprint density at radius 2 is 1.72 bits per heavy atom. The lowest BCUT2D eigenvalue weighted by Gasteiger charge is -2.18. The molecule has 1 atom stereocenters. The van der Waals surface area contributed by atoms with Crippen molar-refractivity contribution in [3.63, 3.8) is 0 Å². The molecule has 0 aliphatic rings. The second-order valence-corrected chi connectivity index (χ2v) is 4.48. The maximum Gasteiger partial charge on any atom is 0.416 e. The molecular formula is C13H16F3NO. The number of halogens is 3. The van der Waals surface area contributed by atoms with Crippen LogP contribution < -0.4 is 0 Å². The molecule has 1 aromatic rings. The van der Waals surface area contributed by atoms with E-state index in [0.29, 0.717) is 5.56 Å². The molecule has 0 heterocycles. The van der Waals surface area contributed by atoms with E-state index in [-0.39, 0.29) is 18.2 Å². The molecule has 1 aromatic carbocycles. The highest BCUT2D eigenvalue weighted by Gasteiger charge is 2.30. The van der Waals surface area contributed by atoms with E-state index < -0.39 is 11.7 Å². The third-order valence-corrected chi connectivity index (χ3v) is 2.90. The van der Waals surface area contributed by atoms with E-state index in [2.05, 4.69) is 0 Å². The third kappa shape index (κ3) is 3.84. The molecule has 0 aliphatic carbocycles. The first-order chi connectivity index (χ1) is 8.21. The number of carbonyl (C=O) groups excluding carboxylic acids is 1. The van der Waals surface area contributed by atoms with E-state index in [1.54, 1.807) is 25.9 Å². The summed E-state index contributed by atoms with van der Waals surface area (Å²) in [6.45, 7) is 1.77. The number of hydrogen-bond acceptors (Lipinski definition) is 2. The molecule has 2 nitrogen and oxygen atoms in total. The zero-order chi connectivity index (χ0) is 13.9. The Morgan fingerprint density at radius 1 is 1.22 bits per heavy atom. The van der Waals surface area contributed by atoms with Crippen molar-refractivity contribution in [2.45, 2.75) is 25.6 Å². The van der Waals surface area contributed by atoms with Crippen LogP contribution in [0.2, 0.25) is 0 Å². The molecule has 0 amide bonds. The van der Waals surface area contributed by atoms with Gasteiger partial charge in [0.2, 0.25) is 0 Å². The molecule has 0 saturated carbocycles. The summed E-state index contributed by atoms with van der Waals surface area (Å²) in [4.78, 5) is 13.5. The summed E-state index contributed by atoms with van der Waals surface area (Å²) < 4.78 is 37.0. The van der Waals surface area contributed by atoms with Crippen molar-refractivity contribution >= 4 is 5.78 Å². The van der Waals surface area contributed by atoms with Gasteiger partial charge in [-0.1, -0.05) is 12.1 Å². The van der Waals surface area contributed by atoms with Crippen LogP contribution in [0.25, 0.3) is 0 Å². The van der Waals surface area contributed by atoms with E-state index in [4.69, 9.17) is 0 Å². The summed E-state index contributed by atoms with van der Waals surface area (Å²) in [5, 5.41) is 0. The van der Waals surface area contributed by atoms with Crippen molar-refractivity contribution in [2.24, 2.45) is 0 Å². The highest BCUT2D eigenvalue weighted by atomic mass is 19.4. The number of ketones is 1. The van der Waals surface area contributed by atoms with Gasteiger partial charge in [0.1, 0.15) is 0 Å². The normalized spacial score (nSPS) is 13.7. The standard InChI is InChI=1S/C13H16F3NO/c1-9(17(2)3)12(18)8-10-4-6-11(7-5-10)13(14,15)16/h4-7,9H,8H2,1-3H3. The van der Waals surface area contributed by atoms with Crippen molar-refractivity contribution in [2.75, 3.05) is 14.1 Å². The minimum atomic E-state index is -4.33. The van der Waals surface area contributed by atoms with Crippen LogP contribution in [0.4, 0.5) is 13.2 Å². The fourth-order valence-corrected chi connectivity index (χ4v) is 1.45. The van der Waals surface area contributed by atoms with Crippen LogP contribution in [0.3, 0.4) is 0 Å². The smallest absolute Gasteiger partial charge is 0.300 e. The Hall–Kier alpha value is -1.36. The maximum absolute atomic E-state index is 12.3. The van der Waals surface area contributed by atoms with Crippen molar-refractivity contribution in [3.8, 4) is 0 Å². The minimum absolute atomic E-state index is 0.0141. The van der Waals surface area contributed by atoms with Crippen molar-refractivity contribution < 1.29 is 18.0 Å². The summed E-state index contributed by atoms with van der Waals surface area (Å²) >= 11 is 0. The summed E-state index contributed by atoms with van der Waals surface area (Å²) in [5.74, 6) is -0.0141. The summed E-state index contributed by atoms with van der Waals surface area (Å²) in [6.07, 6.45) is -4.18. The lowest BCUT2D eigenvalue weighted by molar-refractivity contribution is -0.137. The van der Waals surface area contributed by atoms with Crippen molar-refractivity contribution in [1.82, 2.24) is 4.90 Å². The monoisotopic (exact) mass is 259 g/mol. The van der Waals surface area contributed by atoms with Gasteiger partial charge < -0.3 is 0 Å². The Bertz CT molecular complexity index is 409. The number of nitrogens with zero attached hydrogens (tertiary/aromatic N) is 1. The molecule has 0 saturated heterocycles. The first kappa shape index (κ1) is 14.7. The van der Waals surface area contributed by atoms with Crippen LogP contribution in [-0.4, -0.2) is 30.8 Å². The first-order valence-electron chi connectivity index (χ1n) is 5.57. The molecule has 1 rings (SSSR count). The van der Waals surface area contributed by atoms with Gasteiger partial charge in [-0.25, -0.2) is 0 Å². The zero-order valence-corrected chi connectivity index (χ0v) is 10.6. The molecule has 0 aliphatic heterocycles. The van der Waals surface area contributed by atoms with Gasteiger partial charge in [-0.3, -0.25) is 9.69 Å². The van der Waals surface area contributed by atoms with Crippen molar-refractivity contribution in [1.29, 1.82) is 0 Å². The minimum Gasteiger partial charge on any atom is -0.300 e. The van der Waals surface area contributed by atoms with Crippen LogP contribution in [0.5, 0.6) is 0 Å². The predicted molar refractivity (Wildman–Crippen MR) is 63.3 cm³/mol. The van der Waals surface area contributed by atoms with Gasteiger partial charge in [0.25, 0.3) is 0 Å². The molecule has 1 unspecified atom stereocenters. The number of likely N-dealkylation sites (N-methyl/N-ethyl adjacent to an activating group) is 1. The predicted octanol–water partition coefficient (Wildman–Crippen LogP) is 2.77. The van der Waals surface area contributed by atoms with E-state index >= 15 is 0 Å². The molecule has 0 aromatic heterocycles. The number of hydrogen-bond donors (Lipinski definition) is 0. The molecule has 0 fully saturated rings. The van der Waals surface area contributed by atoms with E-state index in [1.165, 1.54) is 12.1 Å². The number of Topliss-reactive ketones (excluding diaryl/α,β-unsaturated/α-hetero) is 1. The van der Waals surface area contributed by atoms with Gasteiger partial charge in [0.05, 0.1) is 11.6 Å². The summed E-state index contributed by atoms with van der Waals surface area (Å²) in [6, 6.07) is 4.46. The quantitative estimate of drug-likeness (QED) is 0.828. The Balaban J connectivity index is 2.73. The zero-order valence-electron chi connectivity index (χ0n) is 10.6. The van der Waals surface area contributed by atoms with E-state index in [9.17, 15) is 18.0 Å². The fraction of sp³-hybridized carbons (Fsp3) is 0.462. The SMILES string of the molecule is CC(C(=O)Cc1ccc(C(F)(F)F)cc1)N(C)C. The molecule has 0 spiro atoms. The largest absolute Gasteiger partial charge is 0.416 e. The van der Waals surface area contributed by atoms with Crippen molar-refractivity contribution in [3.05, 3.63) is 35.4 Å². The average molecular weight is 259 g/mol. The van der Waals surface area contributed by atoms with Gasteiger partial charge in [-0.2, -0.15) is 13.2 Å². The number of benzene rings is 1. The van der Waals surface area contributed by atoms with Crippen LogP contribution in [0, 0.1) is 0 Å². The highest BCUT2D eigenvalue weighted by Crippen LogP contribution is 2.29. The summed E-state index contributed by atoms with van der Waals surface area (Å²) in [5.41, 5.74) is -0.0962. The second kappa shape index (κ2) is 5.52. The second-order valence-electron chi connectivity index (χ2n) is 4.48. The van der Waals surface area contributed by atoms with E-state index in [1.807, 2.05) is 0 Å². The first-order valence-corrected chi connectivity index (χ1v) is 5.57. The number of carbonyl (C=O) groups is 1. The van der Waals surface area contributed by atoms with Gasteiger partial charge in [-0.05, 0) is 38.7 Å². The van der Waals surface area contributed by atoms with E-state index in [0.717, 1.165) is 12.1 Å². The molecular weight excluding hydrogens is 243 g/mol. The number of rotatable bonds is 4. The molecule has 18 heavy (non-hydrogen) atoms. The molecule has 0 N–H and O–H groups in total. The third-order valence-electron chi connectivity index (χ3n) is 2.90. The average Bonchev–Trinajstić information content (AvgIpc) is 2.27. The number of alkyl halides is 3. The van der Waals surface area contributed by atoms with Crippen LogP contribution in [-0.2, 0) is 17.4 Å². The van der Waals surface area contributed by atoms with Crippen LogP contribution in [0.1, 0.15) is 18.1 Å². The Labute approximate surface area is 104 Å². The maximum atomic E-state index is 12.3. The Kier molecular flexibility index (Phi) is 4.51. The van der Waals surface area contributed by atoms with Gasteiger partial charge in [0.15, 0.2) is 5.78 Å². The summed E-state index contributed by atoms with van der Waals surface area (Å²) in [7, 11) is 3.57. The van der Waals surface area contributed by atoms with Gasteiger partial charge in [-0.15, -0.1) is 0 Å². The topological polar surface area (TPSA) is 20.3 Å². The molecule has 0 bridgehead atoms. The van der Waals surface area contributed by atoms with Crippen LogP contribution >= 0.6 is 0 Å². The lowest BCUT2D eigenvalue weighted by Crippen LogP contribution is -2.33. The van der Waals surface area contributed by atoms with Gasteiger partial charge >= 0.3 is 6.18 Å². The lowest BCUT2D eigenvalue weighted by atomic mass is 10.0. The molecule has 5 heteroatoms. The fourth-order valence-electron chi connectivity index (χ4n) is 1.45.